The molecule has 0 saturated heterocycles. The molecule has 2 aromatic carbocycles. The van der Waals surface area contributed by atoms with E-state index in [-0.39, 0.29) is 5.91 Å². The maximum absolute atomic E-state index is 12.2. The smallest absolute Gasteiger partial charge is 0.232 e. The first-order valence-electron chi connectivity index (χ1n) is 7.59. The molecule has 2 nitrogen and oxygen atoms in total. The molecule has 0 aromatic heterocycles. The second-order valence-electron chi connectivity index (χ2n) is 5.52. The molecule has 0 aliphatic rings. The lowest BCUT2D eigenvalue weighted by Crippen LogP contribution is -2.27. The van der Waals surface area contributed by atoms with Gasteiger partial charge < -0.3 is 4.90 Å². The quantitative estimate of drug-likeness (QED) is 0.741. The van der Waals surface area contributed by atoms with Crippen molar-refractivity contribution in [3.8, 4) is 0 Å². The number of aryl methyl sites for hydroxylation is 2. The van der Waals surface area contributed by atoms with Gasteiger partial charge in [-0.25, -0.2) is 0 Å². The minimum atomic E-state index is 0.158. The average molecular weight is 313 g/mol. The molecule has 0 aliphatic carbocycles. The summed E-state index contributed by atoms with van der Waals surface area (Å²) in [7, 11) is 1.87. The monoisotopic (exact) mass is 313 g/mol. The number of carbonyl (C=O) groups is 1. The molecule has 0 spiro atoms. The van der Waals surface area contributed by atoms with Crippen LogP contribution in [0.3, 0.4) is 0 Å². The van der Waals surface area contributed by atoms with Crippen molar-refractivity contribution in [2.45, 2.75) is 31.7 Å². The summed E-state index contributed by atoms with van der Waals surface area (Å²) in [6.45, 7) is 4.88. The van der Waals surface area contributed by atoms with Crippen LogP contribution in [0, 0.1) is 6.92 Å². The van der Waals surface area contributed by atoms with Gasteiger partial charge in [-0.2, -0.15) is 0 Å². The van der Waals surface area contributed by atoms with E-state index in [1.807, 2.05) is 7.05 Å². The minimum absolute atomic E-state index is 0.158. The molecule has 2 rings (SSSR count). The van der Waals surface area contributed by atoms with Crippen LogP contribution in [-0.2, 0) is 17.8 Å². The van der Waals surface area contributed by atoms with E-state index in [0.717, 1.165) is 11.3 Å². The number of rotatable bonds is 6. The fraction of sp³-hybridized carbons (Fsp3) is 0.316. The van der Waals surface area contributed by atoms with Crippen LogP contribution in [0.25, 0.3) is 0 Å². The first-order chi connectivity index (χ1) is 10.6. The van der Waals surface area contributed by atoms with E-state index < -0.39 is 0 Å². The summed E-state index contributed by atoms with van der Waals surface area (Å²) in [6.07, 6.45) is 1.04. The van der Waals surface area contributed by atoms with Gasteiger partial charge in [-0.15, -0.1) is 11.8 Å². The molecule has 0 saturated carbocycles. The number of nitrogens with zero attached hydrogens (tertiary/aromatic N) is 1. The third-order valence-electron chi connectivity index (χ3n) is 3.66. The van der Waals surface area contributed by atoms with Crippen molar-refractivity contribution in [3.05, 3.63) is 65.2 Å². The van der Waals surface area contributed by atoms with Gasteiger partial charge in [0.25, 0.3) is 0 Å². The molecule has 0 fully saturated rings. The zero-order valence-corrected chi connectivity index (χ0v) is 14.3. The molecule has 0 aliphatic heterocycles. The summed E-state index contributed by atoms with van der Waals surface area (Å²) >= 11 is 1.59. The summed E-state index contributed by atoms with van der Waals surface area (Å²) in [6, 6.07) is 16.8. The molecule has 0 unspecified atom stereocenters. The van der Waals surface area contributed by atoms with Crippen molar-refractivity contribution in [3.63, 3.8) is 0 Å². The van der Waals surface area contributed by atoms with Crippen LogP contribution < -0.4 is 0 Å². The van der Waals surface area contributed by atoms with E-state index in [4.69, 9.17) is 0 Å². The Morgan fingerprint density at radius 3 is 2.18 bits per heavy atom. The van der Waals surface area contributed by atoms with Crippen LogP contribution >= 0.6 is 11.8 Å². The molecule has 0 atom stereocenters. The molecule has 22 heavy (non-hydrogen) atoms. The standard InChI is InChI=1S/C19H23NOS/c1-4-16-7-9-17(10-8-16)13-20(3)19(21)14-22-18-11-5-15(2)6-12-18/h5-12H,4,13-14H2,1-3H3. The minimum Gasteiger partial charge on any atom is -0.341 e. The van der Waals surface area contributed by atoms with Gasteiger partial charge in [0.1, 0.15) is 0 Å². The highest BCUT2D eigenvalue weighted by atomic mass is 32.2. The number of hydrogen-bond acceptors (Lipinski definition) is 2. The first kappa shape index (κ1) is 16.6. The molecule has 3 heteroatoms. The van der Waals surface area contributed by atoms with Crippen LogP contribution in [0.5, 0.6) is 0 Å². The summed E-state index contributed by atoms with van der Waals surface area (Å²) in [5.41, 5.74) is 3.74. The topological polar surface area (TPSA) is 20.3 Å². The Labute approximate surface area is 137 Å². The second-order valence-corrected chi connectivity index (χ2v) is 6.57. The van der Waals surface area contributed by atoms with Crippen molar-refractivity contribution in [2.24, 2.45) is 0 Å². The van der Waals surface area contributed by atoms with E-state index in [1.54, 1.807) is 16.7 Å². The first-order valence-corrected chi connectivity index (χ1v) is 8.58. The Hall–Kier alpha value is -1.74. The van der Waals surface area contributed by atoms with Crippen LogP contribution in [0.15, 0.2) is 53.4 Å². The Bertz CT molecular complexity index is 604. The normalized spacial score (nSPS) is 10.5. The maximum atomic E-state index is 12.2. The van der Waals surface area contributed by atoms with Gasteiger partial charge in [0.15, 0.2) is 0 Å². The predicted molar refractivity (Wildman–Crippen MR) is 94.2 cm³/mol. The van der Waals surface area contributed by atoms with Gasteiger partial charge in [-0.1, -0.05) is 48.9 Å². The van der Waals surface area contributed by atoms with Gasteiger partial charge in [-0.05, 0) is 36.6 Å². The molecule has 0 heterocycles. The Kier molecular flexibility index (Phi) is 6.08. The van der Waals surface area contributed by atoms with Gasteiger partial charge in [-0.3, -0.25) is 4.79 Å². The second kappa shape index (κ2) is 8.04. The molecule has 1 amide bonds. The van der Waals surface area contributed by atoms with E-state index in [9.17, 15) is 4.79 Å². The van der Waals surface area contributed by atoms with E-state index in [1.165, 1.54) is 16.7 Å². The highest BCUT2D eigenvalue weighted by molar-refractivity contribution is 8.00. The third-order valence-corrected chi connectivity index (χ3v) is 4.66. The number of benzene rings is 2. The van der Waals surface area contributed by atoms with Crippen LogP contribution in [-0.4, -0.2) is 23.6 Å². The van der Waals surface area contributed by atoms with E-state index in [0.29, 0.717) is 12.3 Å². The molecule has 2 aromatic rings. The molecular formula is C19H23NOS. The summed E-state index contributed by atoms with van der Waals surface area (Å²) in [5, 5.41) is 0. The number of carbonyl (C=O) groups excluding carboxylic acids is 1. The van der Waals surface area contributed by atoms with Crippen LogP contribution in [0.2, 0.25) is 0 Å². The molecule has 0 bridgehead atoms. The lowest BCUT2D eigenvalue weighted by Gasteiger charge is -2.17. The van der Waals surface area contributed by atoms with Gasteiger partial charge in [0.2, 0.25) is 5.91 Å². The summed E-state index contributed by atoms with van der Waals surface area (Å²) in [4.78, 5) is 15.1. The number of hydrogen-bond donors (Lipinski definition) is 0. The lowest BCUT2D eigenvalue weighted by molar-refractivity contribution is -0.127. The Morgan fingerprint density at radius 1 is 1.00 bits per heavy atom. The van der Waals surface area contributed by atoms with Gasteiger partial charge >= 0.3 is 0 Å². The van der Waals surface area contributed by atoms with E-state index in [2.05, 4.69) is 62.4 Å². The molecule has 116 valence electrons. The molecule has 0 N–H and O–H groups in total. The van der Waals surface area contributed by atoms with Crippen LogP contribution in [0.4, 0.5) is 0 Å². The summed E-state index contributed by atoms with van der Waals surface area (Å²) in [5.74, 6) is 0.636. The van der Waals surface area contributed by atoms with Crippen molar-refractivity contribution in [1.29, 1.82) is 0 Å². The zero-order chi connectivity index (χ0) is 15.9. The largest absolute Gasteiger partial charge is 0.341 e. The van der Waals surface area contributed by atoms with Crippen molar-refractivity contribution >= 4 is 17.7 Å². The maximum Gasteiger partial charge on any atom is 0.232 e. The van der Waals surface area contributed by atoms with E-state index >= 15 is 0 Å². The predicted octanol–water partition coefficient (Wildman–Crippen LogP) is 4.31. The van der Waals surface area contributed by atoms with Crippen molar-refractivity contribution in [2.75, 3.05) is 12.8 Å². The van der Waals surface area contributed by atoms with Gasteiger partial charge in [0.05, 0.1) is 5.75 Å². The lowest BCUT2D eigenvalue weighted by atomic mass is 10.1. The van der Waals surface area contributed by atoms with Crippen LogP contribution in [0.1, 0.15) is 23.6 Å². The highest BCUT2D eigenvalue weighted by Gasteiger charge is 2.10. The van der Waals surface area contributed by atoms with Crippen molar-refractivity contribution < 1.29 is 4.79 Å². The fourth-order valence-corrected chi connectivity index (χ4v) is 2.97. The SMILES string of the molecule is CCc1ccc(CN(C)C(=O)CSc2ccc(C)cc2)cc1. The zero-order valence-electron chi connectivity index (χ0n) is 13.5. The number of amides is 1. The average Bonchev–Trinajstić information content (AvgIpc) is 2.54. The third kappa shape index (κ3) is 4.92. The highest BCUT2D eigenvalue weighted by Crippen LogP contribution is 2.19. The molecule has 0 radical (unpaired) electrons. The summed E-state index contributed by atoms with van der Waals surface area (Å²) < 4.78 is 0. The Morgan fingerprint density at radius 2 is 1.59 bits per heavy atom. The molecular weight excluding hydrogens is 290 g/mol. The van der Waals surface area contributed by atoms with Gasteiger partial charge in [0, 0.05) is 18.5 Å². The van der Waals surface area contributed by atoms with Crippen molar-refractivity contribution in [1.82, 2.24) is 4.90 Å². The fourth-order valence-electron chi connectivity index (χ4n) is 2.13. The Balaban J connectivity index is 1.84. The number of thioether (sulfide) groups is 1.